The normalized spacial score (nSPS) is 12.6. The van der Waals surface area contributed by atoms with Crippen molar-refractivity contribution in [3.8, 4) is 0 Å². The number of hydrogen-bond acceptors (Lipinski definition) is 5. The molecule has 88 heavy (non-hydrogen) atoms. The van der Waals surface area contributed by atoms with Crippen LogP contribution < -0.4 is 5.32 Å². The molecular formula is C82H157NO5. The monoisotopic (exact) mass is 1240 g/mol. The Morgan fingerprint density at radius 2 is 0.568 bits per heavy atom. The summed E-state index contributed by atoms with van der Waals surface area (Å²) in [5, 5.41) is 23.3. The molecule has 0 saturated carbocycles. The first kappa shape index (κ1) is 86.1. The van der Waals surface area contributed by atoms with Crippen molar-refractivity contribution in [3.63, 3.8) is 0 Å². The van der Waals surface area contributed by atoms with Gasteiger partial charge in [-0.3, -0.25) is 9.59 Å². The molecule has 3 N–H and O–H groups in total. The fraction of sp³-hybridized carbons (Fsp3) is 0.902. The summed E-state index contributed by atoms with van der Waals surface area (Å²) in [5.41, 5.74) is 0. The Bertz CT molecular complexity index is 1430. The highest BCUT2D eigenvalue weighted by atomic mass is 16.5. The molecule has 0 bridgehead atoms. The number of aliphatic hydroxyl groups excluding tert-OH is 2. The van der Waals surface area contributed by atoms with Gasteiger partial charge in [-0.2, -0.15) is 0 Å². The zero-order chi connectivity index (χ0) is 63.5. The fourth-order valence-corrected chi connectivity index (χ4v) is 12.8. The highest BCUT2D eigenvalue weighted by molar-refractivity contribution is 5.76. The number of amides is 1. The van der Waals surface area contributed by atoms with Gasteiger partial charge in [-0.1, -0.05) is 410 Å². The first-order valence-corrected chi connectivity index (χ1v) is 40.3. The van der Waals surface area contributed by atoms with E-state index in [2.05, 4.69) is 43.5 Å². The predicted octanol–water partition coefficient (Wildman–Crippen LogP) is 26.6. The number of carbonyl (C=O) groups excluding carboxylic acids is 2. The van der Waals surface area contributed by atoms with Gasteiger partial charge in [0.15, 0.2) is 0 Å². The van der Waals surface area contributed by atoms with E-state index >= 15 is 0 Å². The van der Waals surface area contributed by atoms with Crippen LogP contribution in [0.25, 0.3) is 0 Å². The van der Waals surface area contributed by atoms with Crippen molar-refractivity contribution in [3.05, 3.63) is 36.5 Å². The first-order chi connectivity index (χ1) is 43.5. The molecule has 0 aromatic rings. The Morgan fingerprint density at radius 1 is 0.318 bits per heavy atom. The van der Waals surface area contributed by atoms with Gasteiger partial charge in [0.05, 0.1) is 25.4 Å². The predicted molar refractivity (Wildman–Crippen MR) is 389 cm³/mol. The van der Waals surface area contributed by atoms with Gasteiger partial charge in [0.1, 0.15) is 0 Å². The molecule has 520 valence electrons. The minimum absolute atomic E-state index is 0.0170. The lowest BCUT2D eigenvalue weighted by Gasteiger charge is -2.20. The van der Waals surface area contributed by atoms with Crippen LogP contribution in [0.1, 0.15) is 450 Å². The molecule has 0 heterocycles. The van der Waals surface area contributed by atoms with E-state index in [9.17, 15) is 19.8 Å². The summed E-state index contributed by atoms with van der Waals surface area (Å²) >= 11 is 0. The summed E-state index contributed by atoms with van der Waals surface area (Å²) in [4.78, 5) is 24.6. The molecule has 6 heteroatoms. The maximum Gasteiger partial charge on any atom is 0.305 e. The molecule has 0 aliphatic heterocycles. The summed E-state index contributed by atoms with van der Waals surface area (Å²) in [7, 11) is 0. The van der Waals surface area contributed by atoms with Crippen molar-refractivity contribution < 1.29 is 24.5 Å². The van der Waals surface area contributed by atoms with Gasteiger partial charge in [0, 0.05) is 12.8 Å². The first-order valence-electron chi connectivity index (χ1n) is 40.3. The van der Waals surface area contributed by atoms with Crippen molar-refractivity contribution >= 4 is 11.9 Å². The molecule has 0 saturated heterocycles. The van der Waals surface area contributed by atoms with Crippen LogP contribution in [-0.2, 0) is 14.3 Å². The SMILES string of the molecule is CCCCCCCCCCCCCCCCCCCCCCCC/C=C/C(O)C(CO)NC(=O)CCCCCCCCCCCCCCCCCCC/C=C\C/C=C\CCCCCCCCCCCOC(=O)CCCCCCCCCCCCCCCC. The number of unbranched alkanes of at least 4 members (excludes halogenated alkanes) is 61. The van der Waals surface area contributed by atoms with E-state index in [1.54, 1.807) is 6.08 Å². The Hall–Kier alpha value is -1.92. The number of carbonyl (C=O) groups is 2. The van der Waals surface area contributed by atoms with Gasteiger partial charge in [-0.25, -0.2) is 0 Å². The third-order valence-electron chi connectivity index (χ3n) is 18.9. The maximum atomic E-state index is 12.6. The molecule has 0 rings (SSSR count). The summed E-state index contributed by atoms with van der Waals surface area (Å²) in [6.07, 6.45) is 101. The third kappa shape index (κ3) is 73.1. The third-order valence-corrected chi connectivity index (χ3v) is 18.9. The topological polar surface area (TPSA) is 95.9 Å². The van der Waals surface area contributed by atoms with Crippen molar-refractivity contribution in [2.75, 3.05) is 13.2 Å². The van der Waals surface area contributed by atoms with Gasteiger partial charge in [-0.05, 0) is 64.2 Å². The highest BCUT2D eigenvalue weighted by Gasteiger charge is 2.18. The highest BCUT2D eigenvalue weighted by Crippen LogP contribution is 2.20. The molecule has 0 aromatic carbocycles. The fourth-order valence-electron chi connectivity index (χ4n) is 12.8. The summed E-state index contributed by atoms with van der Waals surface area (Å²) in [6, 6.07) is -0.628. The quantitative estimate of drug-likeness (QED) is 0.0320. The number of aliphatic hydroxyl groups is 2. The van der Waals surface area contributed by atoms with E-state index in [0.29, 0.717) is 19.4 Å². The second-order valence-corrected chi connectivity index (χ2v) is 27.8. The smallest absolute Gasteiger partial charge is 0.305 e. The van der Waals surface area contributed by atoms with Gasteiger partial charge >= 0.3 is 5.97 Å². The second-order valence-electron chi connectivity index (χ2n) is 27.8. The van der Waals surface area contributed by atoms with Gasteiger partial charge in [0.25, 0.3) is 0 Å². The van der Waals surface area contributed by atoms with Crippen LogP contribution in [0.15, 0.2) is 36.5 Å². The van der Waals surface area contributed by atoms with Crippen molar-refractivity contribution in [1.29, 1.82) is 0 Å². The molecular weight excluding hydrogens is 1080 g/mol. The van der Waals surface area contributed by atoms with Gasteiger partial charge < -0.3 is 20.3 Å². The molecule has 0 aliphatic carbocycles. The van der Waals surface area contributed by atoms with Crippen LogP contribution in [0.2, 0.25) is 0 Å². The standard InChI is InChI=1S/C82H157NO5/c1-3-5-7-9-11-13-15-17-19-20-21-22-23-35-38-41-44-47-50-54-58-62-66-70-74-80(85)79(78-84)83-81(86)75-71-67-63-59-55-51-48-45-42-39-36-33-31-29-27-25-24-26-28-30-32-34-37-40-43-46-49-53-57-61-65-69-73-77-88-82(87)76-72-68-64-60-56-52-18-16-14-12-10-8-6-4-2/h28,30,34,37,70,74,79-80,84-85H,3-27,29,31-33,35-36,38-69,71-73,75-78H2,1-2H3,(H,83,86)/b30-28-,37-34-,74-70+. The van der Waals surface area contributed by atoms with E-state index in [1.807, 2.05) is 6.08 Å². The van der Waals surface area contributed by atoms with Crippen molar-refractivity contribution in [1.82, 2.24) is 5.32 Å². The zero-order valence-electron chi connectivity index (χ0n) is 59.7. The molecule has 0 radical (unpaired) electrons. The van der Waals surface area contributed by atoms with Gasteiger partial charge in [-0.15, -0.1) is 0 Å². The summed E-state index contributed by atoms with van der Waals surface area (Å²) in [5.74, 6) is -0.0441. The molecule has 1 amide bonds. The lowest BCUT2D eigenvalue weighted by Crippen LogP contribution is -2.45. The maximum absolute atomic E-state index is 12.6. The Labute approximate surface area is 551 Å². The van der Waals surface area contributed by atoms with E-state index in [0.717, 1.165) is 44.9 Å². The molecule has 0 aromatic heterocycles. The number of hydrogen-bond donors (Lipinski definition) is 3. The lowest BCUT2D eigenvalue weighted by molar-refractivity contribution is -0.143. The molecule has 2 unspecified atom stereocenters. The van der Waals surface area contributed by atoms with Crippen LogP contribution in [0.3, 0.4) is 0 Å². The van der Waals surface area contributed by atoms with Crippen LogP contribution in [-0.4, -0.2) is 47.4 Å². The minimum atomic E-state index is -0.845. The van der Waals surface area contributed by atoms with E-state index in [1.165, 1.54) is 379 Å². The van der Waals surface area contributed by atoms with Crippen LogP contribution in [0.5, 0.6) is 0 Å². The largest absolute Gasteiger partial charge is 0.466 e. The molecule has 0 fully saturated rings. The van der Waals surface area contributed by atoms with E-state index < -0.39 is 12.1 Å². The minimum Gasteiger partial charge on any atom is -0.466 e. The average Bonchev–Trinajstić information content (AvgIpc) is 3.58. The van der Waals surface area contributed by atoms with Gasteiger partial charge in [0.2, 0.25) is 5.91 Å². The van der Waals surface area contributed by atoms with Crippen LogP contribution in [0.4, 0.5) is 0 Å². The summed E-state index contributed by atoms with van der Waals surface area (Å²) in [6.45, 7) is 4.95. The zero-order valence-corrected chi connectivity index (χ0v) is 59.7. The van der Waals surface area contributed by atoms with Crippen LogP contribution in [0, 0.1) is 0 Å². The molecule has 6 nitrogen and oxygen atoms in total. The Morgan fingerprint density at radius 3 is 0.864 bits per heavy atom. The number of ether oxygens (including phenoxy) is 1. The molecule has 2 atom stereocenters. The Kier molecular flexibility index (Phi) is 75.8. The Balaban J connectivity index is 3.40. The van der Waals surface area contributed by atoms with Crippen LogP contribution >= 0.6 is 0 Å². The van der Waals surface area contributed by atoms with E-state index in [4.69, 9.17) is 4.74 Å². The average molecular weight is 1240 g/mol. The number of esters is 1. The lowest BCUT2D eigenvalue weighted by atomic mass is 10.0. The summed E-state index contributed by atoms with van der Waals surface area (Å²) < 4.78 is 5.49. The second kappa shape index (κ2) is 77.5. The van der Waals surface area contributed by atoms with E-state index in [-0.39, 0.29) is 18.5 Å². The molecule has 0 aliphatic rings. The molecule has 0 spiro atoms. The number of allylic oxidation sites excluding steroid dienone is 5. The van der Waals surface area contributed by atoms with Crippen molar-refractivity contribution in [2.24, 2.45) is 0 Å². The number of rotatable bonds is 76. The van der Waals surface area contributed by atoms with Crippen molar-refractivity contribution in [2.45, 2.75) is 463 Å². The number of nitrogens with one attached hydrogen (secondary N) is 1.